The Balaban J connectivity index is 0.000000131. The van der Waals surface area contributed by atoms with E-state index in [9.17, 15) is 0 Å². The number of halogens is 1. The van der Waals surface area contributed by atoms with Crippen LogP contribution in [-0.2, 0) is 0 Å². The predicted molar refractivity (Wildman–Crippen MR) is 81.0 cm³/mol. The number of aromatic amines is 1. The van der Waals surface area contributed by atoms with Crippen molar-refractivity contribution in [3.63, 3.8) is 0 Å². The number of rotatable bonds is 0. The summed E-state index contributed by atoms with van der Waals surface area (Å²) >= 11 is 5.70. The van der Waals surface area contributed by atoms with Crippen LogP contribution >= 0.6 is 11.6 Å². The first kappa shape index (κ1) is 12.5. The molecule has 3 aromatic heterocycles. The van der Waals surface area contributed by atoms with Crippen molar-refractivity contribution in [1.82, 2.24) is 9.97 Å². The summed E-state index contributed by atoms with van der Waals surface area (Å²) in [5.41, 5.74) is 3.73. The first-order valence-electron chi connectivity index (χ1n) is 6.08. The quantitative estimate of drug-likeness (QED) is 0.520. The van der Waals surface area contributed by atoms with Crippen LogP contribution in [0.3, 0.4) is 0 Å². The molecule has 0 radical (unpaired) electrons. The molecule has 3 heterocycles. The zero-order valence-corrected chi connectivity index (χ0v) is 11.2. The van der Waals surface area contributed by atoms with E-state index < -0.39 is 0 Å². The highest BCUT2D eigenvalue weighted by Crippen LogP contribution is 2.21. The minimum absolute atomic E-state index is 0.676. The number of nitrogens with zero attached hydrogens (tertiary/aromatic N) is 2. The summed E-state index contributed by atoms with van der Waals surface area (Å²) in [6.45, 7) is 0. The summed E-state index contributed by atoms with van der Waals surface area (Å²) in [4.78, 5) is 7.22. The summed E-state index contributed by atoms with van der Waals surface area (Å²) in [6, 6.07) is 17.3. The highest BCUT2D eigenvalue weighted by molar-refractivity contribution is 6.34. The Bertz CT molecular complexity index is 889. The molecule has 0 amide bonds. The van der Waals surface area contributed by atoms with Crippen molar-refractivity contribution in [3.05, 3.63) is 65.3 Å². The van der Waals surface area contributed by atoms with E-state index in [-0.39, 0.29) is 0 Å². The molecule has 0 atom stereocenters. The number of H-pyrrole nitrogens is 1. The van der Waals surface area contributed by atoms with E-state index >= 15 is 0 Å². The number of benzene rings is 2. The Morgan fingerprint density at radius 1 is 1.10 bits per heavy atom. The van der Waals surface area contributed by atoms with Crippen LogP contribution in [0, 0.1) is 11.3 Å². The molecule has 1 N–H and O–H groups in total. The first-order valence-corrected chi connectivity index (χ1v) is 6.45. The van der Waals surface area contributed by atoms with Gasteiger partial charge in [0.2, 0.25) is 0 Å². The SMILES string of the molecule is Clc1cc2ccc1[nH]2.N#Cc1ccc2ncccc2c1. The van der Waals surface area contributed by atoms with Crippen molar-refractivity contribution in [1.29, 1.82) is 5.26 Å². The first-order chi connectivity index (χ1) is 9.76. The number of hydrogen-bond acceptors (Lipinski definition) is 2. The van der Waals surface area contributed by atoms with Gasteiger partial charge in [-0.15, -0.1) is 0 Å². The van der Waals surface area contributed by atoms with Crippen molar-refractivity contribution < 1.29 is 0 Å². The summed E-state index contributed by atoms with van der Waals surface area (Å²) < 4.78 is 0. The fourth-order valence-electron chi connectivity index (χ4n) is 1.99. The molecule has 3 nitrogen and oxygen atoms in total. The minimum Gasteiger partial charge on any atom is -0.354 e. The van der Waals surface area contributed by atoms with Crippen LogP contribution in [0.2, 0.25) is 5.02 Å². The Hall–Kier alpha value is -2.57. The summed E-state index contributed by atoms with van der Waals surface area (Å²) in [6.07, 6.45) is 1.74. The number of hydrogen-bond donors (Lipinski definition) is 1. The van der Waals surface area contributed by atoms with Crippen molar-refractivity contribution in [2.75, 3.05) is 0 Å². The Labute approximate surface area is 120 Å². The molecule has 0 unspecified atom stereocenters. The van der Waals surface area contributed by atoms with Gasteiger partial charge in [0, 0.05) is 17.1 Å². The Kier molecular flexibility index (Phi) is 3.24. The number of pyridine rings is 1. The maximum Gasteiger partial charge on any atom is 0.0991 e. The third-order valence-corrected chi connectivity index (χ3v) is 3.29. The van der Waals surface area contributed by atoms with Crippen LogP contribution in [0.25, 0.3) is 21.9 Å². The van der Waals surface area contributed by atoms with Crippen molar-refractivity contribution >= 4 is 33.5 Å². The van der Waals surface area contributed by atoms with E-state index in [1.807, 2.05) is 42.5 Å². The average Bonchev–Trinajstić information content (AvgIpc) is 3.09. The molecule has 96 valence electrons. The lowest BCUT2D eigenvalue weighted by molar-refractivity contribution is 1.41. The molecule has 1 aromatic carbocycles. The molecule has 2 bridgehead atoms. The Morgan fingerprint density at radius 3 is 2.60 bits per heavy atom. The van der Waals surface area contributed by atoms with Crippen LogP contribution in [-0.4, -0.2) is 9.97 Å². The largest absolute Gasteiger partial charge is 0.354 e. The fraction of sp³-hybridized carbons (Fsp3) is 0. The van der Waals surface area contributed by atoms with E-state index in [1.165, 1.54) is 0 Å². The van der Waals surface area contributed by atoms with Crippen molar-refractivity contribution in [2.45, 2.75) is 0 Å². The third kappa shape index (κ3) is 2.42. The number of fused-ring (bicyclic) bond motifs is 3. The highest BCUT2D eigenvalue weighted by Gasteiger charge is 1.98. The summed E-state index contributed by atoms with van der Waals surface area (Å²) in [5, 5.41) is 10.5. The maximum atomic E-state index is 8.63. The van der Waals surface area contributed by atoms with Gasteiger partial charge in [0.15, 0.2) is 0 Å². The lowest BCUT2D eigenvalue weighted by Gasteiger charge is -1.94. The van der Waals surface area contributed by atoms with Gasteiger partial charge in [-0.3, -0.25) is 4.98 Å². The van der Waals surface area contributed by atoms with Crippen molar-refractivity contribution in [2.24, 2.45) is 0 Å². The molecule has 0 aliphatic heterocycles. The monoisotopic (exact) mass is 279 g/mol. The van der Waals surface area contributed by atoms with E-state index in [2.05, 4.69) is 16.0 Å². The van der Waals surface area contributed by atoms with E-state index in [4.69, 9.17) is 16.9 Å². The second kappa shape index (κ2) is 5.20. The molecule has 4 aromatic rings. The van der Waals surface area contributed by atoms with Gasteiger partial charge in [0.25, 0.3) is 0 Å². The van der Waals surface area contributed by atoms with Gasteiger partial charge >= 0.3 is 0 Å². The average molecular weight is 280 g/mol. The molecule has 0 fully saturated rings. The third-order valence-electron chi connectivity index (χ3n) is 2.98. The second-order valence-corrected chi connectivity index (χ2v) is 4.75. The normalized spacial score (nSPS) is 10.2. The Morgan fingerprint density at radius 2 is 2.00 bits per heavy atom. The molecule has 0 saturated heterocycles. The van der Waals surface area contributed by atoms with E-state index in [0.717, 1.165) is 27.0 Å². The molecular weight excluding hydrogens is 270 g/mol. The van der Waals surface area contributed by atoms with Crippen LogP contribution < -0.4 is 0 Å². The fourth-order valence-corrected chi connectivity index (χ4v) is 2.22. The van der Waals surface area contributed by atoms with Gasteiger partial charge in [0.1, 0.15) is 0 Å². The van der Waals surface area contributed by atoms with Gasteiger partial charge in [-0.05, 0) is 42.5 Å². The highest BCUT2D eigenvalue weighted by atomic mass is 35.5. The smallest absolute Gasteiger partial charge is 0.0991 e. The zero-order valence-electron chi connectivity index (χ0n) is 10.5. The number of aromatic nitrogens is 2. The van der Waals surface area contributed by atoms with Crippen LogP contribution in [0.1, 0.15) is 5.56 Å². The van der Waals surface area contributed by atoms with Crippen LogP contribution in [0.4, 0.5) is 0 Å². The number of nitriles is 1. The molecular formula is C16H10ClN3. The van der Waals surface area contributed by atoms with Crippen LogP contribution in [0.5, 0.6) is 0 Å². The summed E-state index contributed by atoms with van der Waals surface area (Å²) in [7, 11) is 0. The van der Waals surface area contributed by atoms with Gasteiger partial charge in [0.05, 0.1) is 27.7 Å². The van der Waals surface area contributed by atoms with E-state index in [1.54, 1.807) is 12.3 Å². The van der Waals surface area contributed by atoms with Gasteiger partial charge < -0.3 is 4.98 Å². The lowest BCUT2D eigenvalue weighted by atomic mass is 10.1. The minimum atomic E-state index is 0.676. The van der Waals surface area contributed by atoms with Gasteiger partial charge in [-0.25, -0.2) is 0 Å². The second-order valence-electron chi connectivity index (χ2n) is 4.34. The van der Waals surface area contributed by atoms with Gasteiger partial charge in [-0.1, -0.05) is 17.7 Å². The molecule has 20 heavy (non-hydrogen) atoms. The molecule has 0 saturated carbocycles. The predicted octanol–water partition coefficient (Wildman–Crippen LogP) is 4.37. The van der Waals surface area contributed by atoms with Crippen molar-refractivity contribution in [3.8, 4) is 6.07 Å². The zero-order chi connectivity index (χ0) is 13.9. The molecule has 4 rings (SSSR count). The topological polar surface area (TPSA) is 52.5 Å². The molecule has 0 spiro atoms. The summed E-state index contributed by atoms with van der Waals surface area (Å²) in [5.74, 6) is 0. The molecule has 0 aliphatic rings. The molecule has 0 aliphatic carbocycles. The maximum absolute atomic E-state index is 8.63. The standard InChI is InChI=1S/C10H6N2.C6H4ClN/c11-7-8-3-4-10-9(6-8)2-1-5-12-10;7-5-3-4-1-2-6(5)8-4/h1-6H;1-3,8H. The number of nitrogens with one attached hydrogen (secondary N) is 1. The van der Waals surface area contributed by atoms with Gasteiger partial charge in [-0.2, -0.15) is 5.26 Å². The van der Waals surface area contributed by atoms with E-state index in [0.29, 0.717) is 5.56 Å². The lowest BCUT2D eigenvalue weighted by Crippen LogP contribution is -1.78. The van der Waals surface area contributed by atoms with Crippen LogP contribution in [0.15, 0.2) is 54.7 Å². The molecule has 4 heteroatoms.